The molecule has 2 rings (SSSR count). The van der Waals surface area contributed by atoms with Gasteiger partial charge in [-0.2, -0.15) is 0 Å². The number of hydrogen-bond donors (Lipinski definition) is 2. The Kier molecular flexibility index (Phi) is 5.96. The van der Waals surface area contributed by atoms with Crippen molar-refractivity contribution >= 4 is 34.8 Å². The highest BCUT2D eigenvalue weighted by atomic mass is 35.5. The Balaban J connectivity index is 2.28. The van der Waals surface area contributed by atoms with Gasteiger partial charge in [-0.3, -0.25) is 4.79 Å². The summed E-state index contributed by atoms with van der Waals surface area (Å²) in [5.74, 6) is -1.62. The predicted molar refractivity (Wildman–Crippen MR) is 95.6 cm³/mol. The highest BCUT2D eigenvalue weighted by Crippen LogP contribution is 2.32. The lowest BCUT2D eigenvalue weighted by molar-refractivity contribution is -0.140. The zero-order valence-electron chi connectivity index (χ0n) is 13.7. The lowest BCUT2D eigenvalue weighted by atomic mass is 9.99. The minimum absolute atomic E-state index is 0.164. The van der Waals surface area contributed by atoms with Crippen molar-refractivity contribution in [1.29, 1.82) is 0 Å². The minimum atomic E-state index is -1.04. The average molecular weight is 367 g/mol. The van der Waals surface area contributed by atoms with Crippen molar-refractivity contribution in [1.82, 2.24) is 10.3 Å². The van der Waals surface area contributed by atoms with Crippen LogP contribution in [0.2, 0.25) is 5.02 Å². The van der Waals surface area contributed by atoms with Crippen LogP contribution >= 0.6 is 22.9 Å². The highest BCUT2D eigenvalue weighted by Gasteiger charge is 2.27. The summed E-state index contributed by atoms with van der Waals surface area (Å²) in [5, 5.41) is 13.1. The summed E-state index contributed by atoms with van der Waals surface area (Å²) in [4.78, 5) is 28.7. The fourth-order valence-electron chi connectivity index (χ4n) is 2.25. The van der Waals surface area contributed by atoms with Crippen LogP contribution in [0.25, 0.3) is 10.6 Å². The van der Waals surface area contributed by atoms with Gasteiger partial charge in [-0.1, -0.05) is 50.1 Å². The number of aryl methyl sites for hydroxylation is 1. The summed E-state index contributed by atoms with van der Waals surface area (Å²) in [6, 6.07) is 6.34. The summed E-state index contributed by atoms with van der Waals surface area (Å²) in [6.07, 6.45) is 0.657. The molecule has 128 valence electrons. The number of carboxylic acid groups (broad SMARTS) is 1. The number of nitrogens with one attached hydrogen (secondary N) is 1. The third kappa shape index (κ3) is 3.94. The topological polar surface area (TPSA) is 79.3 Å². The van der Waals surface area contributed by atoms with Crippen molar-refractivity contribution in [3.8, 4) is 10.6 Å². The molecular formula is C17H19ClN2O3S. The van der Waals surface area contributed by atoms with Crippen LogP contribution in [0, 0.1) is 12.8 Å². The van der Waals surface area contributed by atoms with E-state index in [1.165, 1.54) is 11.3 Å². The van der Waals surface area contributed by atoms with Gasteiger partial charge >= 0.3 is 5.97 Å². The van der Waals surface area contributed by atoms with E-state index >= 15 is 0 Å². The number of hydrogen-bond acceptors (Lipinski definition) is 4. The van der Waals surface area contributed by atoms with Gasteiger partial charge in [0, 0.05) is 5.56 Å². The molecular weight excluding hydrogens is 348 g/mol. The van der Waals surface area contributed by atoms with Crippen molar-refractivity contribution in [2.45, 2.75) is 33.2 Å². The highest BCUT2D eigenvalue weighted by molar-refractivity contribution is 7.17. The van der Waals surface area contributed by atoms with Gasteiger partial charge in [0.25, 0.3) is 5.91 Å². The van der Waals surface area contributed by atoms with Crippen LogP contribution in [0.15, 0.2) is 24.3 Å². The van der Waals surface area contributed by atoms with Crippen LogP contribution in [-0.2, 0) is 4.79 Å². The van der Waals surface area contributed by atoms with E-state index in [1.54, 1.807) is 19.9 Å². The van der Waals surface area contributed by atoms with Gasteiger partial charge in [-0.25, -0.2) is 9.78 Å². The molecule has 1 aromatic heterocycles. The van der Waals surface area contributed by atoms with Crippen molar-refractivity contribution in [3.63, 3.8) is 0 Å². The van der Waals surface area contributed by atoms with Gasteiger partial charge in [-0.15, -0.1) is 11.3 Å². The second-order valence-corrected chi connectivity index (χ2v) is 6.99. The molecule has 2 atom stereocenters. The number of amides is 1. The number of nitrogens with zero attached hydrogens (tertiary/aromatic N) is 1. The van der Waals surface area contributed by atoms with Crippen molar-refractivity contribution < 1.29 is 14.7 Å². The van der Waals surface area contributed by atoms with Crippen LogP contribution < -0.4 is 5.32 Å². The van der Waals surface area contributed by atoms with E-state index in [4.69, 9.17) is 11.6 Å². The summed E-state index contributed by atoms with van der Waals surface area (Å²) in [6.45, 7) is 5.42. The van der Waals surface area contributed by atoms with Crippen molar-refractivity contribution in [3.05, 3.63) is 39.9 Å². The second kappa shape index (κ2) is 7.77. The third-order valence-electron chi connectivity index (χ3n) is 3.87. The zero-order chi connectivity index (χ0) is 17.9. The quantitative estimate of drug-likeness (QED) is 0.809. The third-order valence-corrected chi connectivity index (χ3v) is 5.39. The number of benzene rings is 1. The number of carbonyl (C=O) groups excluding carboxylic acids is 1. The number of aliphatic carboxylic acids is 1. The summed E-state index contributed by atoms with van der Waals surface area (Å²) in [7, 11) is 0. The summed E-state index contributed by atoms with van der Waals surface area (Å²) < 4.78 is 0. The molecule has 0 aliphatic rings. The first-order chi connectivity index (χ1) is 11.3. The Morgan fingerprint density at radius 2 is 2.04 bits per heavy atom. The largest absolute Gasteiger partial charge is 0.480 e. The van der Waals surface area contributed by atoms with E-state index in [2.05, 4.69) is 10.3 Å². The second-order valence-electron chi connectivity index (χ2n) is 5.59. The molecule has 1 aromatic carbocycles. The Morgan fingerprint density at radius 3 is 2.62 bits per heavy atom. The Bertz CT molecular complexity index is 760. The first-order valence-corrected chi connectivity index (χ1v) is 8.80. The fraction of sp³-hybridized carbons (Fsp3) is 0.353. The number of halogens is 1. The van der Waals surface area contributed by atoms with E-state index in [1.807, 2.05) is 25.1 Å². The monoisotopic (exact) mass is 366 g/mol. The molecule has 0 unspecified atom stereocenters. The van der Waals surface area contributed by atoms with Crippen LogP contribution in [0.3, 0.4) is 0 Å². The number of rotatable bonds is 6. The standard InChI is InChI=1S/C17H19ClN2O3S/c1-4-9(2)13(17(22)23)20-15(21)14-10(3)19-16(24-14)11-7-5-6-8-12(11)18/h5-9,13H,4H2,1-3H3,(H,20,21)(H,22,23)/t9-,13+/m1/s1. The first kappa shape index (κ1) is 18.4. The number of carbonyl (C=O) groups is 2. The predicted octanol–water partition coefficient (Wildman–Crippen LogP) is 4.00. The molecule has 0 saturated carbocycles. The molecule has 7 heteroatoms. The van der Waals surface area contributed by atoms with E-state index < -0.39 is 17.9 Å². The molecule has 24 heavy (non-hydrogen) atoms. The number of thiazole rings is 1. The van der Waals surface area contributed by atoms with E-state index in [9.17, 15) is 14.7 Å². The van der Waals surface area contributed by atoms with Crippen molar-refractivity contribution in [2.24, 2.45) is 5.92 Å². The van der Waals surface area contributed by atoms with Gasteiger partial charge in [-0.05, 0) is 18.9 Å². The summed E-state index contributed by atoms with van der Waals surface area (Å²) in [5.41, 5.74) is 1.31. The van der Waals surface area contributed by atoms with Crippen LogP contribution in [-0.4, -0.2) is 28.0 Å². The molecule has 0 aliphatic heterocycles. The van der Waals surface area contributed by atoms with E-state index in [0.29, 0.717) is 27.0 Å². The smallest absolute Gasteiger partial charge is 0.326 e. The Morgan fingerprint density at radius 1 is 1.38 bits per heavy atom. The number of carboxylic acids is 1. The van der Waals surface area contributed by atoms with Crippen LogP contribution in [0.5, 0.6) is 0 Å². The SMILES string of the molecule is CC[C@@H](C)[C@H](NC(=O)c1sc(-c2ccccc2Cl)nc1C)C(=O)O. The normalized spacial score (nSPS) is 13.3. The molecule has 0 bridgehead atoms. The molecule has 0 saturated heterocycles. The fourth-order valence-corrected chi connectivity index (χ4v) is 3.54. The van der Waals surface area contributed by atoms with Crippen LogP contribution in [0.4, 0.5) is 0 Å². The van der Waals surface area contributed by atoms with Crippen LogP contribution in [0.1, 0.15) is 35.6 Å². The minimum Gasteiger partial charge on any atom is -0.480 e. The Labute approximate surface area is 149 Å². The molecule has 2 aromatic rings. The lowest BCUT2D eigenvalue weighted by Crippen LogP contribution is -2.44. The molecule has 0 radical (unpaired) electrons. The lowest BCUT2D eigenvalue weighted by Gasteiger charge is -2.19. The Hall–Kier alpha value is -1.92. The van der Waals surface area contributed by atoms with Gasteiger partial charge in [0.15, 0.2) is 0 Å². The molecule has 5 nitrogen and oxygen atoms in total. The maximum atomic E-state index is 12.5. The molecule has 1 heterocycles. The van der Waals surface area contributed by atoms with Gasteiger partial charge in [0.1, 0.15) is 15.9 Å². The molecule has 1 amide bonds. The maximum Gasteiger partial charge on any atom is 0.326 e. The van der Waals surface area contributed by atoms with Gasteiger partial charge in [0.2, 0.25) is 0 Å². The van der Waals surface area contributed by atoms with Gasteiger partial charge in [0.05, 0.1) is 10.7 Å². The average Bonchev–Trinajstić information content (AvgIpc) is 2.93. The van der Waals surface area contributed by atoms with E-state index in [0.717, 1.165) is 5.56 Å². The van der Waals surface area contributed by atoms with Gasteiger partial charge < -0.3 is 10.4 Å². The maximum absolute atomic E-state index is 12.5. The summed E-state index contributed by atoms with van der Waals surface area (Å²) >= 11 is 7.38. The number of aromatic nitrogens is 1. The molecule has 0 aliphatic carbocycles. The zero-order valence-corrected chi connectivity index (χ0v) is 15.2. The van der Waals surface area contributed by atoms with E-state index in [-0.39, 0.29) is 5.92 Å². The molecule has 0 spiro atoms. The first-order valence-electron chi connectivity index (χ1n) is 7.61. The molecule has 0 fully saturated rings. The van der Waals surface area contributed by atoms with Crippen molar-refractivity contribution in [2.75, 3.05) is 0 Å². The molecule has 2 N–H and O–H groups in total.